The number of aryl methyl sites for hydroxylation is 1. The van der Waals surface area contributed by atoms with Gasteiger partial charge in [0.05, 0.1) is 0 Å². The number of imidazole rings is 1. The number of hydrogen-bond donors (Lipinski definition) is 3. The Morgan fingerprint density at radius 2 is 1.97 bits per heavy atom. The first-order chi connectivity index (χ1) is 13.9. The molecular formula is C20H31N5O4. The summed E-state index contributed by atoms with van der Waals surface area (Å²) in [6.07, 6.45) is 5.00. The van der Waals surface area contributed by atoms with Gasteiger partial charge in [-0.1, -0.05) is 0 Å². The van der Waals surface area contributed by atoms with E-state index in [0.29, 0.717) is 24.4 Å². The van der Waals surface area contributed by atoms with Crippen molar-refractivity contribution in [2.24, 2.45) is 5.92 Å². The van der Waals surface area contributed by atoms with Gasteiger partial charge in [0.1, 0.15) is 11.5 Å². The highest BCUT2D eigenvalue weighted by Crippen LogP contribution is 2.22. The summed E-state index contributed by atoms with van der Waals surface area (Å²) >= 11 is 0. The lowest BCUT2D eigenvalue weighted by molar-refractivity contribution is -0.137. The first-order valence-electron chi connectivity index (χ1n) is 10.5. The molecule has 160 valence electrons. The van der Waals surface area contributed by atoms with E-state index in [4.69, 9.17) is 5.11 Å². The Kier molecular flexibility index (Phi) is 6.89. The number of carboxylic acids is 1. The molecule has 0 aliphatic carbocycles. The van der Waals surface area contributed by atoms with Gasteiger partial charge >= 0.3 is 11.7 Å². The molecule has 9 heteroatoms. The Balaban J connectivity index is 1.87. The van der Waals surface area contributed by atoms with Gasteiger partial charge in [0.15, 0.2) is 5.52 Å². The van der Waals surface area contributed by atoms with Crippen molar-refractivity contribution in [3.63, 3.8) is 0 Å². The molecule has 0 amide bonds. The topological polar surface area (TPSA) is 122 Å². The quantitative estimate of drug-likeness (QED) is 0.545. The number of aliphatic carboxylic acids is 1. The predicted molar refractivity (Wildman–Crippen MR) is 110 cm³/mol. The SMILES string of the molecule is CC(C)n1c(CCC2CCNCC2)nc2c(=O)n(CCCCC(=O)O)c(=O)[nH]c21. The maximum atomic E-state index is 12.9. The first kappa shape index (κ1) is 21.3. The van der Waals surface area contributed by atoms with Crippen LogP contribution in [0.3, 0.4) is 0 Å². The van der Waals surface area contributed by atoms with E-state index in [1.165, 1.54) is 0 Å². The summed E-state index contributed by atoms with van der Waals surface area (Å²) in [6.45, 7) is 6.32. The molecule has 0 unspecified atom stereocenters. The lowest BCUT2D eigenvalue weighted by Gasteiger charge is -2.22. The fourth-order valence-corrected chi connectivity index (χ4v) is 4.12. The molecule has 1 aliphatic rings. The van der Waals surface area contributed by atoms with Gasteiger partial charge in [-0.2, -0.15) is 0 Å². The van der Waals surface area contributed by atoms with Crippen molar-refractivity contribution in [3.8, 4) is 0 Å². The minimum Gasteiger partial charge on any atom is -0.481 e. The van der Waals surface area contributed by atoms with Gasteiger partial charge in [-0.3, -0.25) is 19.1 Å². The van der Waals surface area contributed by atoms with E-state index in [1.807, 2.05) is 18.4 Å². The van der Waals surface area contributed by atoms with Gasteiger partial charge < -0.3 is 15.0 Å². The summed E-state index contributed by atoms with van der Waals surface area (Å²) in [4.78, 5) is 43.5. The van der Waals surface area contributed by atoms with Crippen molar-refractivity contribution in [1.82, 2.24) is 24.4 Å². The average molecular weight is 405 g/mol. The van der Waals surface area contributed by atoms with Crippen LogP contribution in [0.4, 0.5) is 0 Å². The number of H-pyrrole nitrogens is 1. The zero-order valence-electron chi connectivity index (χ0n) is 17.2. The molecule has 2 aromatic heterocycles. The molecular weight excluding hydrogens is 374 g/mol. The second-order valence-corrected chi connectivity index (χ2v) is 8.16. The Morgan fingerprint density at radius 3 is 2.62 bits per heavy atom. The fourth-order valence-electron chi connectivity index (χ4n) is 4.12. The normalized spacial score (nSPS) is 15.4. The number of hydrogen-bond acceptors (Lipinski definition) is 5. The summed E-state index contributed by atoms with van der Waals surface area (Å²) in [5.41, 5.74) is -0.0972. The fraction of sp³-hybridized carbons (Fsp3) is 0.700. The number of fused-ring (bicyclic) bond motifs is 1. The number of nitrogens with zero attached hydrogens (tertiary/aromatic N) is 3. The molecule has 1 saturated heterocycles. The van der Waals surface area contributed by atoms with Crippen LogP contribution in [0, 0.1) is 5.92 Å². The summed E-state index contributed by atoms with van der Waals surface area (Å²) in [5.74, 6) is 0.613. The van der Waals surface area contributed by atoms with E-state index in [9.17, 15) is 14.4 Å². The van der Waals surface area contributed by atoms with Crippen LogP contribution in [-0.2, 0) is 17.8 Å². The monoisotopic (exact) mass is 405 g/mol. The Hall–Kier alpha value is -2.42. The second kappa shape index (κ2) is 9.39. The lowest BCUT2D eigenvalue weighted by Crippen LogP contribution is -2.35. The molecule has 1 aliphatic heterocycles. The van der Waals surface area contributed by atoms with E-state index in [0.717, 1.165) is 49.2 Å². The van der Waals surface area contributed by atoms with Crippen LogP contribution >= 0.6 is 0 Å². The maximum absolute atomic E-state index is 12.9. The van der Waals surface area contributed by atoms with Crippen LogP contribution in [0.25, 0.3) is 11.2 Å². The van der Waals surface area contributed by atoms with Gasteiger partial charge in [-0.25, -0.2) is 9.78 Å². The van der Waals surface area contributed by atoms with Crippen molar-refractivity contribution in [1.29, 1.82) is 0 Å². The van der Waals surface area contributed by atoms with E-state index in [-0.39, 0.29) is 24.5 Å². The zero-order valence-corrected chi connectivity index (χ0v) is 17.2. The lowest BCUT2D eigenvalue weighted by atomic mass is 9.93. The van der Waals surface area contributed by atoms with Crippen LogP contribution in [0.1, 0.15) is 64.2 Å². The van der Waals surface area contributed by atoms with Crippen molar-refractivity contribution in [2.75, 3.05) is 13.1 Å². The smallest absolute Gasteiger partial charge is 0.330 e. The number of aromatic amines is 1. The molecule has 1 fully saturated rings. The minimum atomic E-state index is -0.879. The summed E-state index contributed by atoms with van der Waals surface area (Å²) < 4.78 is 3.10. The van der Waals surface area contributed by atoms with E-state index >= 15 is 0 Å². The van der Waals surface area contributed by atoms with Gasteiger partial charge in [0, 0.05) is 25.4 Å². The Bertz CT molecular complexity index is 966. The molecule has 2 aromatic rings. The van der Waals surface area contributed by atoms with Crippen LogP contribution in [-0.4, -0.2) is 43.3 Å². The Labute approximate surface area is 169 Å². The zero-order chi connectivity index (χ0) is 21.0. The molecule has 0 spiro atoms. The number of aromatic nitrogens is 4. The number of piperidine rings is 1. The number of unbranched alkanes of at least 4 members (excludes halogenated alkanes) is 1. The molecule has 3 rings (SSSR count). The molecule has 3 heterocycles. The third-order valence-electron chi connectivity index (χ3n) is 5.68. The van der Waals surface area contributed by atoms with Crippen molar-refractivity contribution >= 4 is 17.1 Å². The van der Waals surface area contributed by atoms with E-state index in [1.54, 1.807) is 0 Å². The first-order valence-corrected chi connectivity index (χ1v) is 10.5. The number of rotatable bonds is 9. The van der Waals surface area contributed by atoms with Crippen molar-refractivity contribution in [3.05, 3.63) is 26.7 Å². The van der Waals surface area contributed by atoms with Crippen molar-refractivity contribution in [2.45, 2.75) is 71.4 Å². The van der Waals surface area contributed by atoms with Gasteiger partial charge in [0.25, 0.3) is 5.56 Å². The predicted octanol–water partition coefficient (Wildman–Crippen LogP) is 1.65. The van der Waals surface area contributed by atoms with E-state index in [2.05, 4.69) is 15.3 Å². The van der Waals surface area contributed by atoms with Gasteiger partial charge in [0.2, 0.25) is 0 Å². The highest BCUT2D eigenvalue weighted by Gasteiger charge is 2.21. The number of nitrogens with one attached hydrogen (secondary N) is 2. The highest BCUT2D eigenvalue weighted by atomic mass is 16.4. The van der Waals surface area contributed by atoms with Crippen LogP contribution < -0.4 is 16.6 Å². The molecule has 0 saturated carbocycles. The highest BCUT2D eigenvalue weighted by molar-refractivity contribution is 5.70. The van der Waals surface area contributed by atoms with Crippen LogP contribution in [0.2, 0.25) is 0 Å². The standard InChI is InChI=1S/C20H31N5O4/c1-13(2)25-15(7-6-14-8-10-21-11-9-14)22-17-18(25)23-20(29)24(19(17)28)12-4-3-5-16(26)27/h13-14,21H,3-12H2,1-2H3,(H,23,29)(H,26,27). The molecule has 3 N–H and O–H groups in total. The summed E-state index contributed by atoms with van der Waals surface area (Å²) in [6, 6.07) is 0.0736. The number of carboxylic acid groups (broad SMARTS) is 1. The molecule has 9 nitrogen and oxygen atoms in total. The number of carbonyl (C=O) groups is 1. The second-order valence-electron chi connectivity index (χ2n) is 8.16. The summed E-state index contributed by atoms with van der Waals surface area (Å²) in [7, 11) is 0. The molecule has 0 radical (unpaired) electrons. The maximum Gasteiger partial charge on any atom is 0.330 e. The minimum absolute atomic E-state index is 0.0255. The largest absolute Gasteiger partial charge is 0.481 e. The Morgan fingerprint density at radius 1 is 1.24 bits per heavy atom. The van der Waals surface area contributed by atoms with Crippen LogP contribution in [0.5, 0.6) is 0 Å². The van der Waals surface area contributed by atoms with E-state index < -0.39 is 17.2 Å². The molecule has 29 heavy (non-hydrogen) atoms. The molecule has 0 aromatic carbocycles. The summed E-state index contributed by atoms with van der Waals surface area (Å²) in [5, 5.41) is 12.1. The van der Waals surface area contributed by atoms with Crippen molar-refractivity contribution < 1.29 is 9.90 Å². The third kappa shape index (κ3) is 4.95. The van der Waals surface area contributed by atoms with Gasteiger partial charge in [-0.05, 0) is 65.0 Å². The third-order valence-corrected chi connectivity index (χ3v) is 5.68. The van der Waals surface area contributed by atoms with Crippen LogP contribution in [0.15, 0.2) is 9.59 Å². The average Bonchev–Trinajstić information content (AvgIpc) is 3.05. The van der Waals surface area contributed by atoms with Gasteiger partial charge in [-0.15, -0.1) is 0 Å². The molecule has 0 atom stereocenters. The molecule has 0 bridgehead atoms.